The minimum Gasteiger partial charge on any atom is -0.489 e. The van der Waals surface area contributed by atoms with Crippen LogP contribution in [0.2, 0.25) is 5.02 Å². The van der Waals surface area contributed by atoms with E-state index in [0.717, 1.165) is 25.0 Å². The predicted octanol–water partition coefficient (Wildman–Crippen LogP) is 4.30. The Hall–Kier alpha value is -0.690. The Morgan fingerprint density at radius 1 is 1.29 bits per heavy atom. The Morgan fingerprint density at radius 2 is 2.00 bits per heavy atom. The molecule has 1 rings (SSSR count). The third kappa shape index (κ3) is 3.22. The third-order valence-corrected chi connectivity index (χ3v) is 2.51. The van der Waals surface area contributed by atoms with Crippen molar-refractivity contribution in [2.45, 2.75) is 39.2 Å². The molecule has 0 aliphatic carbocycles. The molecule has 14 heavy (non-hydrogen) atoms. The zero-order valence-corrected chi connectivity index (χ0v) is 9.55. The molecule has 0 aliphatic rings. The van der Waals surface area contributed by atoms with Crippen molar-refractivity contribution in [3.8, 4) is 5.75 Å². The molecule has 0 heterocycles. The van der Waals surface area contributed by atoms with Gasteiger partial charge in [0.1, 0.15) is 5.75 Å². The minimum atomic E-state index is 0.292. The molecule has 0 aliphatic heterocycles. The molecule has 0 fully saturated rings. The average Bonchev–Trinajstić information content (AvgIpc) is 2.20. The maximum absolute atomic E-state index is 6.00. The summed E-state index contributed by atoms with van der Waals surface area (Å²) < 4.78 is 5.80. The zero-order valence-electron chi connectivity index (χ0n) is 8.79. The molecule has 2 heteroatoms. The second kappa shape index (κ2) is 5.92. The van der Waals surface area contributed by atoms with Gasteiger partial charge < -0.3 is 4.74 Å². The van der Waals surface area contributed by atoms with Crippen molar-refractivity contribution < 1.29 is 4.74 Å². The number of para-hydroxylation sites is 1. The monoisotopic (exact) mass is 212 g/mol. The van der Waals surface area contributed by atoms with E-state index < -0.39 is 0 Å². The molecule has 0 bridgehead atoms. The standard InChI is InChI=1S/C12H17ClO/c1-3-7-10(4-2)14-12-9-6-5-8-11(12)13/h5-6,8-10H,3-4,7H2,1-2H3. The molecule has 0 radical (unpaired) electrons. The van der Waals surface area contributed by atoms with Crippen molar-refractivity contribution in [1.29, 1.82) is 0 Å². The molecular formula is C12H17ClO. The van der Waals surface area contributed by atoms with Crippen LogP contribution in [-0.4, -0.2) is 6.10 Å². The Morgan fingerprint density at radius 3 is 2.57 bits per heavy atom. The van der Waals surface area contributed by atoms with Crippen LogP contribution >= 0.6 is 11.6 Å². The summed E-state index contributed by atoms with van der Waals surface area (Å²) in [4.78, 5) is 0. The largest absolute Gasteiger partial charge is 0.489 e. The summed E-state index contributed by atoms with van der Waals surface area (Å²) in [6.45, 7) is 4.30. The predicted molar refractivity (Wildman–Crippen MR) is 61.1 cm³/mol. The highest BCUT2D eigenvalue weighted by Crippen LogP contribution is 2.25. The Labute approximate surface area is 91.0 Å². The smallest absolute Gasteiger partial charge is 0.138 e. The molecule has 0 amide bonds. The summed E-state index contributed by atoms with van der Waals surface area (Å²) in [7, 11) is 0. The van der Waals surface area contributed by atoms with Crippen LogP contribution in [0.25, 0.3) is 0 Å². The van der Waals surface area contributed by atoms with Gasteiger partial charge in [0.15, 0.2) is 0 Å². The summed E-state index contributed by atoms with van der Waals surface area (Å²) in [6.07, 6.45) is 3.55. The third-order valence-electron chi connectivity index (χ3n) is 2.20. The maximum atomic E-state index is 6.00. The van der Waals surface area contributed by atoms with Gasteiger partial charge in [-0.05, 0) is 25.0 Å². The quantitative estimate of drug-likeness (QED) is 0.707. The topological polar surface area (TPSA) is 9.23 Å². The second-order valence-electron chi connectivity index (χ2n) is 3.37. The molecule has 78 valence electrons. The normalized spacial score (nSPS) is 12.5. The van der Waals surface area contributed by atoms with Crippen LogP contribution in [0, 0.1) is 0 Å². The summed E-state index contributed by atoms with van der Waals surface area (Å²) in [5.74, 6) is 0.800. The fraction of sp³-hybridized carbons (Fsp3) is 0.500. The van der Waals surface area contributed by atoms with Crippen LogP contribution in [0.15, 0.2) is 24.3 Å². The van der Waals surface area contributed by atoms with Crippen LogP contribution in [0.3, 0.4) is 0 Å². The molecule has 0 aromatic heterocycles. The summed E-state index contributed by atoms with van der Waals surface area (Å²) in [6, 6.07) is 7.63. The fourth-order valence-electron chi connectivity index (χ4n) is 1.39. The van der Waals surface area contributed by atoms with E-state index in [2.05, 4.69) is 13.8 Å². The second-order valence-corrected chi connectivity index (χ2v) is 3.77. The number of hydrogen-bond donors (Lipinski definition) is 0. The first-order chi connectivity index (χ1) is 6.77. The maximum Gasteiger partial charge on any atom is 0.138 e. The van der Waals surface area contributed by atoms with Gasteiger partial charge >= 0.3 is 0 Å². The Balaban J connectivity index is 2.62. The lowest BCUT2D eigenvalue weighted by Gasteiger charge is -2.17. The van der Waals surface area contributed by atoms with E-state index in [1.165, 1.54) is 0 Å². The van der Waals surface area contributed by atoms with E-state index >= 15 is 0 Å². The van der Waals surface area contributed by atoms with E-state index in [0.29, 0.717) is 11.1 Å². The summed E-state index contributed by atoms with van der Waals surface area (Å²) >= 11 is 6.00. The lowest BCUT2D eigenvalue weighted by atomic mass is 10.1. The van der Waals surface area contributed by atoms with Crippen molar-refractivity contribution in [3.05, 3.63) is 29.3 Å². The van der Waals surface area contributed by atoms with Gasteiger partial charge in [-0.3, -0.25) is 0 Å². The van der Waals surface area contributed by atoms with Crippen LogP contribution in [-0.2, 0) is 0 Å². The Kier molecular flexibility index (Phi) is 4.81. The van der Waals surface area contributed by atoms with Crippen molar-refractivity contribution >= 4 is 11.6 Å². The van der Waals surface area contributed by atoms with E-state index in [4.69, 9.17) is 16.3 Å². The van der Waals surface area contributed by atoms with Gasteiger partial charge in [-0.15, -0.1) is 0 Å². The Bertz CT molecular complexity index is 273. The van der Waals surface area contributed by atoms with Crippen molar-refractivity contribution in [1.82, 2.24) is 0 Å². The highest BCUT2D eigenvalue weighted by Gasteiger charge is 2.08. The first-order valence-corrected chi connectivity index (χ1v) is 5.56. The molecule has 1 nitrogen and oxygen atoms in total. The lowest BCUT2D eigenvalue weighted by Crippen LogP contribution is -2.14. The molecule has 0 N–H and O–H groups in total. The number of ether oxygens (including phenoxy) is 1. The zero-order chi connectivity index (χ0) is 10.4. The van der Waals surface area contributed by atoms with Crippen LogP contribution in [0.5, 0.6) is 5.75 Å². The van der Waals surface area contributed by atoms with E-state index in [-0.39, 0.29) is 0 Å². The molecule has 0 saturated heterocycles. The molecular weight excluding hydrogens is 196 g/mol. The van der Waals surface area contributed by atoms with E-state index in [1.807, 2.05) is 24.3 Å². The molecule has 1 atom stereocenters. The lowest BCUT2D eigenvalue weighted by molar-refractivity contribution is 0.186. The average molecular weight is 213 g/mol. The number of rotatable bonds is 5. The summed E-state index contributed by atoms with van der Waals surface area (Å²) in [5, 5.41) is 0.696. The van der Waals surface area contributed by atoms with Crippen molar-refractivity contribution in [2.75, 3.05) is 0 Å². The molecule has 0 saturated carbocycles. The first-order valence-electron chi connectivity index (χ1n) is 5.19. The van der Waals surface area contributed by atoms with Crippen molar-refractivity contribution in [2.24, 2.45) is 0 Å². The highest BCUT2D eigenvalue weighted by atomic mass is 35.5. The van der Waals surface area contributed by atoms with Gasteiger partial charge in [-0.25, -0.2) is 0 Å². The van der Waals surface area contributed by atoms with Gasteiger partial charge in [-0.1, -0.05) is 44.0 Å². The van der Waals surface area contributed by atoms with Crippen molar-refractivity contribution in [3.63, 3.8) is 0 Å². The van der Waals surface area contributed by atoms with Crippen LogP contribution in [0.1, 0.15) is 33.1 Å². The number of benzene rings is 1. The minimum absolute atomic E-state index is 0.292. The van der Waals surface area contributed by atoms with E-state index in [9.17, 15) is 0 Å². The molecule has 1 aromatic rings. The van der Waals surface area contributed by atoms with Crippen LogP contribution in [0.4, 0.5) is 0 Å². The molecule has 1 aromatic carbocycles. The number of hydrogen-bond acceptors (Lipinski definition) is 1. The fourth-order valence-corrected chi connectivity index (χ4v) is 1.57. The molecule has 0 spiro atoms. The van der Waals surface area contributed by atoms with Crippen LogP contribution < -0.4 is 4.74 Å². The highest BCUT2D eigenvalue weighted by molar-refractivity contribution is 6.32. The van der Waals surface area contributed by atoms with Gasteiger partial charge in [0, 0.05) is 0 Å². The first kappa shape index (κ1) is 11.4. The van der Waals surface area contributed by atoms with Gasteiger partial charge in [0.05, 0.1) is 11.1 Å². The number of halogens is 1. The summed E-state index contributed by atoms with van der Waals surface area (Å²) in [5.41, 5.74) is 0. The van der Waals surface area contributed by atoms with Gasteiger partial charge in [0.2, 0.25) is 0 Å². The SMILES string of the molecule is CCCC(CC)Oc1ccccc1Cl. The van der Waals surface area contributed by atoms with E-state index in [1.54, 1.807) is 0 Å². The molecule has 1 unspecified atom stereocenters. The van der Waals surface area contributed by atoms with Gasteiger partial charge in [0.25, 0.3) is 0 Å². The van der Waals surface area contributed by atoms with Gasteiger partial charge in [-0.2, -0.15) is 0 Å².